The molecule has 178 valence electrons. The van der Waals surface area contributed by atoms with Crippen molar-refractivity contribution in [1.82, 2.24) is 0 Å². The van der Waals surface area contributed by atoms with Crippen molar-refractivity contribution in [2.75, 3.05) is 39.4 Å². The van der Waals surface area contributed by atoms with E-state index in [4.69, 9.17) is 18.9 Å². The van der Waals surface area contributed by atoms with Crippen LogP contribution < -0.4 is 14.8 Å². The molecule has 0 aliphatic carbocycles. The van der Waals surface area contributed by atoms with Gasteiger partial charge in [0.2, 0.25) is 5.91 Å². The Labute approximate surface area is 195 Å². The van der Waals surface area contributed by atoms with Gasteiger partial charge in [-0.15, -0.1) is 0 Å². The smallest absolute Gasteiger partial charge is 0.338 e. The Morgan fingerprint density at radius 1 is 0.909 bits per heavy atom. The van der Waals surface area contributed by atoms with Crippen molar-refractivity contribution in [2.24, 2.45) is 0 Å². The van der Waals surface area contributed by atoms with Crippen LogP contribution >= 0.6 is 0 Å². The fourth-order valence-electron chi connectivity index (χ4n) is 2.96. The second-order valence-electron chi connectivity index (χ2n) is 7.35. The summed E-state index contributed by atoms with van der Waals surface area (Å²) in [6.07, 6.45) is 7.69. The first-order valence-electron chi connectivity index (χ1n) is 11.1. The Morgan fingerprint density at radius 2 is 1.70 bits per heavy atom. The van der Waals surface area contributed by atoms with Crippen molar-refractivity contribution >= 4 is 23.6 Å². The average molecular weight is 456 g/mol. The van der Waals surface area contributed by atoms with Gasteiger partial charge in [0.15, 0.2) is 11.5 Å². The summed E-state index contributed by atoms with van der Waals surface area (Å²) in [6, 6.07) is 12.0. The number of methoxy groups -OCH3 is 2. The minimum atomic E-state index is -0.438. The zero-order valence-electron chi connectivity index (χ0n) is 19.6. The number of nitrogens with one attached hydrogen (secondary N) is 1. The SMILES string of the molecule is CCCCCCOc1ccc(/C=C/C(=O)Nc2ccc(C(=O)OCCOC)cc2)cc1OC. The number of ether oxygens (including phenoxy) is 4. The van der Waals surface area contributed by atoms with Gasteiger partial charge >= 0.3 is 5.97 Å². The molecule has 0 saturated carbocycles. The van der Waals surface area contributed by atoms with Gasteiger partial charge in [-0.1, -0.05) is 32.3 Å². The van der Waals surface area contributed by atoms with E-state index in [1.165, 1.54) is 26.0 Å². The Balaban J connectivity index is 1.88. The maximum absolute atomic E-state index is 12.3. The molecule has 1 N–H and O–H groups in total. The number of carbonyl (C=O) groups excluding carboxylic acids is 2. The highest BCUT2D eigenvalue weighted by atomic mass is 16.6. The molecular weight excluding hydrogens is 422 g/mol. The van der Waals surface area contributed by atoms with Crippen LogP contribution in [0.3, 0.4) is 0 Å². The van der Waals surface area contributed by atoms with Crippen molar-refractivity contribution in [3.63, 3.8) is 0 Å². The number of hydrogen-bond acceptors (Lipinski definition) is 6. The molecule has 2 rings (SSSR count). The third-order valence-electron chi connectivity index (χ3n) is 4.78. The van der Waals surface area contributed by atoms with Crippen molar-refractivity contribution in [1.29, 1.82) is 0 Å². The largest absolute Gasteiger partial charge is 0.493 e. The van der Waals surface area contributed by atoms with Crippen molar-refractivity contribution in [3.05, 3.63) is 59.7 Å². The van der Waals surface area contributed by atoms with Crippen LogP contribution in [-0.2, 0) is 14.3 Å². The lowest BCUT2D eigenvalue weighted by Crippen LogP contribution is -2.11. The Kier molecular flexibility index (Phi) is 11.5. The zero-order chi connectivity index (χ0) is 23.9. The molecule has 0 aliphatic heterocycles. The molecule has 7 heteroatoms. The average Bonchev–Trinajstić information content (AvgIpc) is 2.83. The number of benzene rings is 2. The van der Waals surface area contributed by atoms with Crippen LogP contribution in [0.4, 0.5) is 5.69 Å². The minimum Gasteiger partial charge on any atom is -0.493 e. The molecule has 1 amide bonds. The molecule has 0 aliphatic rings. The van der Waals surface area contributed by atoms with Gasteiger partial charge in [-0.05, 0) is 54.5 Å². The van der Waals surface area contributed by atoms with E-state index in [0.29, 0.717) is 36.0 Å². The predicted molar refractivity (Wildman–Crippen MR) is 129 cm³/mol. The highest BCUT2D eigenvalue weighted by Gasteiger charge is 2.08. The van der Waals surface area contributed by atoms with E-state index >= 15 is 0 Å². The molecule has 33 heavy (non-hydrogen) atoms. The number of carbonyl (C=O) groups is 2. The molecule has 2 aromatic carbocycles. The monoisotopic (exact) mass is 455 g/mol. The molecule has 7 nitrogen and oxygen atoms in total. The first kappa shape index (κ1) is 25.9. The molecule has 0 heterocycles. The van der Waals surface area contributed by atoms with Crippen LogP contribution in [-0.4, -0.2) is 45.9 Å². The second-order valence-corrected chi connectivity index (χ2v) is 7.35. The third-order valence-corrected chi connectivity index (χ3v) is 4.78. The maximum Gasteiger partial charge on any atom is 0.338 e. The molecule has 0 bridgehead atoms. The first-order chi connectivity index (χ1) is 16.1. The lowest BCUT2D eigenvalue weighted by atomic mass is 10.1. The molecule has 0 saturated heterocycles. The summed E-state index contributed by atoms with van der Waals surface area (Å²) in [5.41, 5.74) is 1.79. The van der Waals surface area contributed by atoms with Gasteiger partial charge in [-0.2, -0.15) is 0 Å². The van der Waals surface area contributed by atoms with Gasteiger partial charge < -0.3 is 24.3 Å². The van der Waals surface area contributed by atoms with E-state index in [-0.39, 0.29) is 12.5 Å². The normalized spacial score (nSPS) is 10.8. The molecular formula is C26H33NO6. The summed E-state index contributed by atoms with van der Waals surface area (Å²) in [6.45, 7) is 3.36. The lowest BCUT2D eigenvalue weighted by molar-refractivity contribution is -0.111. The molecule has 0 fully saturated rings. The first-order valence-corrected chi connectivity index (χ1v) is 11.1. The summed E-state index contributed by atoms with van der Waals surface area (Å²) in [7, 11) is 3.13. The van der Waals surface area contributed by atoms with Crippen molar-refractivity contribution in [3.8, 4) is 11.5 Å². The second kappa shape index (κ2) is 14.7. The number of anilines is 1. The van der Waals surface area contributed by atoms with Crippen molar-refractivity contribution in [2.45, 2.75) is 32.6 Å². The van der Waals surface area contributed by atoms with E-state index in [1.807, 2.05) is 18.2 Å². The summed E-state index contributed by atoms with van der Waals surface area (Å²) >= 11 is 0. The molecule has 0 spiro atoms. The maximum atomic E-state index is 12.3. The molecule has 0 radical (unpaired) electrons. The van der Waals surface area contributed by atoms with E-state index in [1.54, 1.807) is 37.5 Å². The van der Waals surface area contributed by atoms with Crippen LogP contribution in [0.2, 0.25) is 0 Å². The van der Waals surface area contributed by atoms with Crippen LogP contribution in [0.5, 0.6) is 11.5 Å². The number of esters is 1. The van der Waals surface area contributed by atoms with Crippen LogP contribution in [0.1, 0.15) is 48.5 Å². The summed E-state index contributed by atoms with van der Waals surface area (Å²) in [4.78, 5) is 24.2. The van der Waals surface area contributed by atoms with Crippen LogP contribution in [0, 0.1) is 0 Å². The van der Waals surface area contributed by atoms with E-state index < -0.39 is 5.97 Å². The standard InChI is InChI=1S/C26H33NO6/c1-4-5-6-7-16-32-23-14-8-20(19-24(23)31-3)9-15-25(28)27-22-12-10-21(11-13-22)26(29)33-18-17-30-2/h8-15,19H,4-7,16-18H2,1-3H3,(H,27,28)/b15-9+. The number of amides is 1. The molecule has 0 atom stereocenters. The topological polar surface area (TPSA) is 83.1 Å². The molecule has 0 aromatic heterocycles. The number of hydrogen-bond donors (Lipinski definition) is 1. The van der Waals surface area contributed by atoms with Gasteiger partial charge in [0.1, 0.15) is 6.61 Å². The van der Waals surface area contributed by atoms with Crippen LogP contribution in [0.25, 0.3) is 6.08 Å². The molecule has 0 unspecified atom stereocenters. The number of unbranched alkanes of at least 4 members (excludes halogenated alkanes) is 3. The van der Waals surface area contributed by atoms with Gasteiger partial charge in [0.05, 0.1) is 25.9 Å². The van der Waals surface area contributed by atoms with Gasteiger partial charge in [0, 0.05) is 18.9 Å². The van der Waals surface area contributed by atoms with E-state index in [2.05, 4.69) is 12.2 Å². The quantitative estimate of drug-likeness (QED) is 0.242. The fraction of sp³-hybridized carbons (Fsp3) is 0.385. The Hall–Kier alpha value is -3.32. The zero-order valence-corrected chi connectivity index (χ0v) is 19.6. The highest BCUT2D eigenvalue weighted by Crippen LogP contribution is 2.28. The predicted octanol–water partition coefficient (Wildman–Crippen LogP) is 5.11. The summed E-state index contributed by atoms with van der Waals surface area (Å²) in [5.74, 6) is 0.588. The lowest BCUT2D eigenvalue weighted by Gasteiger charge is -2.11. The van der Waals surface area contributed by atoms with Gasteiger partial charge in [-0.25, -0.2) is 4.79 Å². The summed E-state index contributed by atoms with van der Waals surface area (Å²) in [5, 5.41) is 2.76. The Morgan fingerprint density at radius 3 is 2.39 bits per heavy atom. The van der Waals surface area contributed by atoms with Gasteiger partial charge in [0.25, 0.3) is 0 Å². The number of rotatable bonds is 14. The highest BCUT2D eigenvalue weighted by molar-refractivity contribution is 6.02. The summed E-state index contributed by atoms with van der Waals surface area (Å²) < 4.78 is 21.2. The molecule has 2 aromatic rings. The third kappa shape index (κ3) is 9.37. The van der Waals surface area contributed by atoms with E-state index in [9.17, 15) is 9.59 Å². The van der Waals surface area contributed by atoms with Crippen molar-refractivity contribution < 1.29 is 28.5 Å². The van der Waals surface area contributed by atoms with Gasteiger partial charge in [-0.3, -0.25) is 4.79 Å². The Bertz CT molecular complexity index is 907. The minimum absolute atomic E-state index is 0.190. The van der Waals surface area contributed by atoms with Crippen LogP contribution in [0.15, 0.2) is 48.5 Å². The van der Waals surface area contributed by atoms with E-state index in [0.717, 1.165) is 18.4 Å². The fourth-order valence-corrected chi connectivity index (χ4v) is 2.96.